The maximum Gasteiger partial charge on any atom is 0.253 e. The molecule has 4 heteroatoms. The van der Waals surface area contributed by atoms with Gasteiger partial charge in [0.1, 0.15) is 0 Å². The Labute approximate surface area is 57.5 Å². The van der Waals surface area contributed by atoms with Gasteiger partial charge in [0.05, 0.1) is 6.20 Å². The van der Waals surface area contributed by atoms with Gasteiger partial charge in [-0.2, -0.15) is 5.10 Å². The molecule has 2 aromatic heterocycles. The molecule has 10 heavy (non-hydrogen) atoms. The van der Waals surface area contributed by atoms with Gasteiger partial charge in [-0.1, -0.05) is 0 Å². The van der Waals surface area contributed by atoms with Crippen LogP contribution < -0.4 is 0 Å². The minimum absolute atomic E-state index is 0.653. The van der Waals surface area contributed by atoms with Crippen LogP contribution in [0.3, 0.4) is 0 Å². The van der Waals surface area contributed by atoms with E-state index in [0.29, 0.717) is 5.78 Å². The monoisotopic (exact) mass is 134 g/mol. The number of aryl methyl sites for hydroxylation is 1. The predicted octanol–water partition coefficient (Wildman–Crippen LogP) is 0.433. The molecule has 4 nitrogen and oxygen atoms in total. The van der Waals surface area contributed by atoms with Gasteiger partial charge < -0.3 is 0 Å². The Morgan fingerprint density at radius 1 is 1.50 bits per heavy atom. The minimum Gasteiger partial charge on any atom is -0.286 e. The number of hydrogen-bond acceptors (Lipinski definition) is 3. The van der Waals surface area contributed by atoms with E-state index in [1.165, 1.54) is 0 Å². The van der Waals surface area contributed by atoms with Crippen molar-refractivity contribution < 1.29 is 0 Å². The molecule has 0 fully saturated rings. The SMILES string of the molecule is Cc1cnnc2nccn12. The lowest BCUT2D eigenvalue weighted by atomic mass is 10.5. The fourth-order valence-electron chi connectivity index (χ4n) is 0.871. The van der Waals surface area contributed by atoms with Crippen LogP contribution in [-0.2, 0) is 0 Å². The largest absolute Gasteiger partial charge is 0.286 e. The van der Waals surface area contributed by atoms with E-state index in [4.69, 9.17) is 0 Å². The lowest BCUT2D eigenvalue weighted by Gasteiger charge is -1.93. The van der Waals surface area contributed by atoms with Crippen molar-refractivity contribution in [2.45, 2.75) is 6.92 Å². The van der Waals surface area contributed by atoms with Gasteiger partial charge in [0.2, 0.25) is 0 Å². The van der Waals surface area contributed by atoms with Gasteiger partial charge >= 0.3 is 0 Å². The molecule has 0 aliphatic rings. The lowest BCUT2D eigenvalue weighted by molar-refractivity contribution is 0.928. The third-order valence-corrected chi connectivity index (χ3v) is 1.39. The first-order chi connectivity index (χ1) is 4.88. The van der Waals surface area contributed by atoms with E-state index >= 15 is 0 Å². The van der Waals surface area contributed by atoms with Crippen molar-refractivity contribution in [2.24, 2.45) is 0 Å². The van der Waals surface area contributed by atoms with E-state index in [9.17, 15) is 0 Å². The molecular formula is C6H6N4. The van der Waals surface area contributed by atoms with Crippen LogP contribution in [0.2, 0.25) is 0 Å². The van der Waals surface area contributed by atoms with Crippen molar-refractivity contribution in [1.29, 1.82) is 0 Å². The molecule has 2 rings (SSSR count). The van der Waals surface area contributed by atoms with Crippen molar-refractivity contribution >= 4 is 5.78 Å². The Morgan fingerprint density at radius 3 is 3.20 bits per heavy atom. The van der Waals surface area contributed by atoms with Crippen molar-refractivity contribution in [3.63, 3.8) is 0 Å². The summed E-state index contributed by atoms with van der Waals surface area (Å²) in [4.78, 5) is 3.97. The third-order valence-electron chi connectivity index (χ3n) is 1.39. The second kappa shape index (κ2) is 1.76. The number of nitrogens with zero attached hydrogens (tertiary/aromatic N) is 4. The molecule has 0 aliphatic carbocycles. The van der Waals surface area contributed by atoms with Crippen LogP contribution in [-0.4, -0.2) is 19.6 Å². The molecule has 0 spiro atoms. The fraction of sp³-hybridized carbons (Fsp3) is 0.167. The number of rotatable bonds is 0. The van der Waals surface area contributed by atoms with E-state index in [1.54, 1.807) is 12.4 Å². The molecule has 0 N–H and O–H groups in total. The van der Waals surface area contributed by atoms with Gasteiger partial charge in [-0.25, -0.2) is 4.98 Å². The molecule has 0 atom stereocenters. The molecule has 0 amide bonds. The van der Waals surface area contributed by atoms with Crippen LogP contribution in [0.25, 0.3) is 5.78 Å². The van der Waals surface area contributed by atoms with Crippen LogP contribution in [0.4, 0.5) is 0 Å². The molecule has 0 radical (unpaired) electrons. The van der Waals surface area contributed by atoms with Gasteiger partial charge in [-0.3, -0.25) is 4.40 Å². The predicted molar refractivity (Wildman–Crippen MR) is 35.5 cm³/mol. The Balaban J connectivity index is 2.95. The number of imidazole rings is 1. The maximum atomic E-state index is 3.97. The zero-order chi connectivity index (χ0) is 6.97. The maximum absolute atomic E-state index is 3.97. The quantitative estimate of drug-likeness (QED) is 0.524. The van der Waals surface area contributed by atoms with Crippen LogP contribution in [0, 0.1) is 6.92 Å². The number of aromatic nitrogens is 4. The fourth-order valence-corrected chi connectivity index (χ4v) is 0.871. The summed E-state index contributed by atoms with van der Waals surface area (Å²) in [6, 6.07) is 0. The summed E-state index contributed by atoms with van der Waals surface area (Å²) < 4.78 is 1.88. The smallest absolute Gasteiger partial charge is 0.253 e. The molecule has 0 bridgehead atoms. The van der Waals surface area contributed by atoms with E-state index in [2.05, 4.69) is 15.2 Å². The second-order valence-electron chi connectivity index (χ2n) is 2.08. The zero-order valence-electron chi connectivity index (χ0n) is 5.52. The van der Waals surface area contributed by atoms with E-state index in [1.807, 2.05) is 17.5 Å². The lowest BCUT2D eigenvalue weighted by Crippen LogP contribution is -1.94. The van der Waals surface area contributed by atoms with Gasteiger partial charge in [-0.05, 0) is 6.92 Å². The first kappa shape index (κ1) is 5.34. The molecule has 0 saturated heterocycles. The average Bonchev–Trinajstić information content (AvgIpc) is 2.36. The molecule has 0 aromatic carbocycles. The highest BCUT2D eigenvalue weighted by molar-refractivity contribution is 5.26. The normalized spacial score (nSPS) is 10.5. The van der Waals surface area contributed by atoms with Crippen molar-refractivity contribution in [2.75, 3.05) is 0 Å². The Hall–Kier alpha value is -1.45. The summed E-state index contributed by atoms with van der Waals surface area (Å²) in [5, 5.41) is 7.56. The highest BCUT2D eigenvalue weighted by Crippen LogP contribution is 1.97. The topological polar surface area (TPSA) is 43.1 Å². The molecule has 2 heterocycles. The molecule has 0 aliphatic heterocycles. The Morgan fingerprint density at radius 2 is 2.40 bits per heavy atom. The van der Waals surface area contributed by atoms with Gasteiger partial charge in [-0.15, -0.1) is 5.10 Å². The minimum atomic E-state index is 0.653. The molecule has 0 saturated carbocycles. The standard InChI is InChI=1S/C6H6N4/c1-5-4-8-9-6-7-2-3-10(5)6/h2-4H,1H3. The molecular weight excluding hydrogens is 128 g/mol. The summed E-state index contributed by atoms with van der Waals surface area (Å²) in [7, 11) is 0. The van der Waals surface area contributed by atoms with Crippen molar-refractivity contribution in [3.8, 4) is 0 Å². The van der Waals surface area contributed by atoms with Crippen molar-refractivity contribution in [1.82, 2.24) is 19.6 Å². The molecule has 0 unspecified atom stereocenters. The van der Waals surface area contributed by atoms with Gasteiger partial charge in [0, 0.05) is 18.1 Å². The Bertz CT molecular complexity index is 351. The Kier molecular flexibility index (Phi) is 0.943. The summed E-state index contributed by atoms with van der Waals surface area (Å²) in [5.74, 6) is 0.653. The van der Waals surface area contributed by atoms with Gasteiger partial charge in [0.25, 0.3) is 5.78 Å². The van der Waals surface area contributed by atoms with Gasteiger partial charge in [0.15, 0.2) is 0 Å². The number of fused-ring (bicyclic) bond motifs is 1. The summed E-state index contributed by atoms with van der Waals surface area (Å²) in [6.45, 7) is 1.96. The highest BCUT2D eigenvalue weighted by Gasteiger charge is 1.94. The summed E-state index contributed by atoms with van der Waals surface area (Å²) in [6.07, 6.45) is 5.27. The van der Waals surface area contributed by atoms with Crippen molar-refractivity contribution in [3.05, 3.63) is 24.3 Å². The van der Waals surface area contributed by atoms with Crippen LogP contribution >= 0.6 is 0 Å². The average molecular weight is 134 g/mol. The number of hydrogen-bond donors (Lipinski definition) is 0. The highest BCUT2D eigenvalue weighted by atomic mass is 15.2. The van der Waals surface area contributed by atoms with Crippen LogP contribution in [0.5, 0.6) is 0 Å². The second-order valence-corrected chi connectivity index (χ2v) is 2.08. The first-order valence-electron chi connectivity index (χ1n) is 2.99. The molecule has 2 aromatic rings. The van der Waals surface area contributed by atoms with E-state index in [0.717, 1.165) is 5.69 Å². The summed E-state index contributed by atoms with van der Waals surface area (Å²) >= 11 is 0. The van der Waals surface area contributed by atoms with Crippen LogP contribution in [0.1, 0.15) is 5.69 Å². The van der Waals surface area contributed by atoms with Crippen LogP contribution in [0.15, 0.2) is 18.6 Å². The zero-order valence-corrected chi connectivity index (χ0v) is 5.52. The summed E-state index contributed by atoms with van der Waals surface area (Å²) in [5.41, 5.74) is 1.04. The first-order valence-corrected chi connectivity index (χ1v) is 2.99. The van der Waals surface area contributed by atoms with E-state index in [-0.39, 0.29) is 0 Å². The van der Waals surface area contributed by atoms with E-state index < -0.39 is 0 Å². The third kappa shape index (κ3) is 0.586. The molecule has 50 valence electrons.